The van der Waals surface area contributed by atoms with Gasteiger partial charge in [0.15, 0.2) is 0 Å². The highest BCUT2D eigenvalue weighted by atomic mass is 35.5. The van der Waals surface area contributed by atoms with Gasteiger partial charge in [0, 0.05) is 5.38 Å². The Morgan fingerprint density at radius 3 is 2.41 bits per heavy atom. The second kappa shape index (κ2) is 5.71. The quantitative estimate of drug-likeness (QED) is 0.544. The van der Waals surface area contributed by atoms with Crippen LogP contribution in [0, 0.1) is 5.82 Å². The maximum atomic E-state index is 13.2. The highest BCUT2D eigenvalue weighted by Gasteiger charge is 2.33. The van der Waals surface area contributed by atoms with Crippen LogP contribution in [-0.4, -0.2) is 5.38 Å². The molecular weight excluding hydrogens is 256 g/mol. The van der Waals surface area contributed by atoms with E-state index in [0.717, 1.165) is 18.6 Å². The summed E-state index contributed by atoms with van der Waals surface area (Å²) in [7, 11) is 0. The fraction of sp³-hybridized carbons (Fsp3) is 0.500. The summed E-state index contributed by atoms with van der Waals surface area (Å²) in [6.07, 6.45) is -2.74. The fourth-order valence-electron chi connectivity index (χ4n) is 1.47. The van der Waals surface area contributed by atoms with Crippen molar-refractivity contribution in [1.29, 1.82) is 0 Å². The predicted octanol–water partition coefficient (Wildman–Crippen LogP) is 4.79. The highest BCUT2D eigenvalue weighted by Crippen LogP contribution is 2.31. The smallest absolute Gasteiger partial charge is 0.206 e. The van der Waals surface area contributed by atoms with E-state index in [9.17, 15) is 17.6 Å². The van der Waals surface area contributed by atoms with E-state index in [0.29, 0.717) is 18.4 Å². The van der Waals surface area contributed by atoms with Crippen molar-refractivity contribution in [2.24, 2.45) is 0 Å². The Morgan fingerprint density at radius 1 is 1.29 bits per heavy atom. The summed E-state index contributed by atoms with van der Waals surface area (Å²) in [5.74, 6) is -1.22. The number of alkyl halides is 4. The molecule has 0 nitrogen and oxygen atoms in total. The standard InChI is InChI=1S/C12H13ClF4/c1-2-9(13)5-3-8-4-6-10(11(14)7-8)12(15,16)17/h4,6-7,9H,2-3,5H2,1H3. The topological polar surface area (TPSA) is 0 Å². The minimum Gasteiger partial charge on any atom is -0.206 e. The summed E-state index contributed by atoms with van der Waals surface area (Å²) in [6, 6.07) is 3.01. The SMILES string of the molecule is CCC(Cl)CCc1ccc(C(F)(F)F)c(F)c1. The molecule has 96 valence electrons. The third-order valence-corrected chi connectivity index (χ3v) is 3.05. The molecule has 0 aliphatic heterocycles. The van der Waals surface area contributed by atoms with Gasteiger partial charge in [0.05, 0.1) is 5.56 Å². The van der Waals surface area contributed by atoms with E-state index in [4.69, 9.17) is 11.6 Å². The maximum Gasteiger partial charge on any atom is 0.419 e. The van der Waals surface area contributed by atoms with Crippen molar-refractivity contribution in [2.75, 3.05) is 0 Å². The van der Waals surface area contributed by atoms with Crippen molar-refractivity contribution in [1.82, 2.24) is 0 Å². The van der Waals surface area contributed by atoms with Crippen LogP contribution in [0.4, 0.5) is 17.6 Å². The highest BCUT2D eigenvalue weighted by molar-refractivity contribution is 6.20. The van der Waals surface area contributed by atoms with Gasteiger partial charge in [0.1, 0.15) is 5.82 Å². The molecule has 1 atom stereocenters. The number of aryl methyl sites for hydroxylation is 1. The van der Waals surface area contributed by atoms with Gasteiger partial charge in [-0.25, -0.2) is 4.39 Å². The summed E-state index contributed by atoms with van der Waals surface area (Å²) in [5.41, 5.74) is -0.686. The lowest BCUT2D eigenvalue weighted by atomic mass is 10.0. The molecule has 17 heavy (non-hydrogen) atoms. The van der Waals surface area contributed by atoms with Crippen molar-refractivity contribution in [3.8, 4) is 0 Å². The molecule has 0 saturated heterocycles. The zero-order valence-electron chi connectivity index (χ0n) is 9.32. The molecule has 1 rings (SSSR count). The molecule has 5 heteroatoms. The monoisotopic (exact) mass is 268 g/mol. The maximum absolute atomic E-state index is 13.2. The van der Waals surface area contributed by atoms with Crippen molar-refractivity contribution < 1.29 is 17.6 Å². The molecular formula is C12H13ClF4. The summed E-state index contributed by atoms with van der Waals surface area (Å²) >= 11 is 5.89. The normalized spacial score (nSPS) is 13.8. The van der Waals surface area contributed by atoms with E-state index in [1.807, 2.05) is 6.92 Å². The second-order valence-electron chi connectivity index (χ2n) is 3.86. The average molecular weight is 269 g/mol. The van der Waals surface area contributed by atoms with Gasteiger partial charge in [-0.3, -0.25) is 0 Å². The van der Waals surface area contributed by atoms with E-state index < -0.39 is 17.6 Å². The van der Waals surface area contributed by atoms with Crippen molar-refractivity contribution in [2.45, 2.75) is 37.7 Å². The Bertz CT molecular complexity index is 373. The Morgan fingerprint density at radius 2 is 1.94 bits per heavy atom. The van der Waals surface area contributed by atoms with Crippen molar-refractivity contribution in [3.05, 3.63) is 35.1 Å². The molecule has 0 radical (unpaired) electrons. The minimum absolute atomic E-state index is 0.0275. The van der Waals surface area contributed by atoms with Gasteiger partial charge in [-0.05, 0) is 37.0 Å². The molecule has 0 amide bonds. The van der Waals surface area contributed by atoms with Crippen LogP contribution in [0.2, 0.25) is 0 Å². The lowest BCUT2D eigenvalue weighted by molar-refractivity contribution is -0.140. The zero-order chi connectivity index (χ0) is 13.1. The largest absolute Gasteiger partial charge is 0.419 e. The summed E-state index contributed by atoms with van der Waals surface area (Å²) in [5, 5.41) is -0.0275. The first-order valence-electron chi connectivity index (χ1n) is 5.34. The van der Waals surface area contributed by atoms with E-state index in [-0.39, 0.29) is 5.38 Å². The van der Waals surface area contributed by atoms with Gasteiger partial charge in [-0.1, -0.05) is 13.0 Å². The molecule has 0 fully saturated rings. The summed E-state index contributed by atoms with van der Waals surface area (Å²) in [6.45, 7) is 1.92. The van der Waals surface area contributed by atoms with Gasteiger partial charge in [-0.2, -0.15) is 13.2 Å². The molecule has 0 heterocycles. The van der Waals surface area contributed by atoms with Crippen LogP contribution in [-0.2, 0) is 12.6 Å². The van der Waals surface area contributed by atoms with Crippen LogP contribution >= 0.6 is 11.6 Å². The van der Waals surface area contributed by atoms with Gasteiger partial charge in [0.2, 0.25) is 0 Å². The molecule has 1 aromatic rings. The van der Waals surface area contributed by atoms with E-state index >= 15 is 0 Å². The van der Waals surface area contributed by atoms with Crippen LogP contribution in [0.1, 0.15) is 30.9 Å². The minimum atomic E-state index is -4.64. The summed E-state index contributed by atoms with van der Waals surface area (Å²) in [4.78, 5) is 0. The van der Waals surface area contributed by atoms with Crippen LogP contribution in [0.3, 0.4) is 0 Å². The molecule has 0 aliphatic rings. The van der Waals surface area contributed by atoms with Crippen molar-refractivity contribution in [3.63, 3.8) is 0 Å². The Hall–Kier alpha value is -0.770. The second-order valence-corrected chi connectivity index (χ2v) is 4.47. The molecule has 1 aromatic carbocycles. The predicted molar refractivity (Wildman–Crippen MR) is 59.7 cm³/mol. The van der Waals surface area contributed by atoms with Gasteiger partial charge >= 0.3 is 6.18 Å². The van der Waals surface area contributed by atoms with Crippen LogP contribution in [0.15, 0.2) is 18.2 Å². The third-order valence-electron chi connectivity index (χ3n) is 2.53. The first-order valence-corrected chi connectivity index (χ1v) is 5.78. The van der Waals surface area contributed by atoms with Crippen LogP contribution in [0.25, 0.3) is 0 Å². The van der Waals surface area contributed by atoms with Crippen LogP contribution in [0.5, 0.6) is 0 Å². The van der Waals surface area contributed by atoms with Crippen molar-refractivity contribution >= 4 is 11.6 Å². The molecule has 0 aliphatic carbocycles. The van der Waals surface area contributed by atoms with E-state index in [1.54, 1.807) is 0 Å². The lowest BCUT2D eigenvalue weighted by Crippen LogP contribution is -2.08. The number of halogens is 5. The first kappa shape index (κ1) is 14.3. The fourth-order valence-corrected chi connectivity index (χ4v) is 1.58. The Balaban J connectivity index is 2.76. The molecule has 1 unspecified atom stereocenters. The van der Waals surface area contributed by atoms with Gasteiger partial charge < -0.3 is 0 Å². The molecule has 0 spiro atoms. The molecule has 0 saturated carbocycles. The van der Waals surface area contributed by atoms with Gasteiger partial charge in [-0.15, -0.1) is 11.6 Å². The first-order chi connectivity index (χ1) is 7.84. The molecule has 0 N–H and O–H groups in total. The van der Waals surface area contributed by atoms with E-state index in [1.165, 1.54) is 6.07 Å². The number of benzene rings is 1. The van der Waals surface area contributed by atoms with Gasteiger partial charge in [0.25, 0.3) is 0 Å². The number of hydrogen-bond acceptors (Lipinski definition) is 0. The number of hydrogen-bond donors (Lipinski definition) is 0. The Labute approximate surface area is 103 Å². The van der Waals surface area contributed by atoms with Crippen LogP contribution < -0.4 is 0 Å². The molecule has 0 aromatic heterocycles. The molecule has 0 bridgehead atoms. The number of rotatable bonds is 4. The zero-order valence-corrected chi connectivity index (χ0v) is 10.1. The Kier molecular flexibility index (Phi) is 4.80. The van der Waals surface area contributed by atoms with E-state index in [2.05, 4.69) is 0 Å². The third kappa shape index (κ3) is 4.19. The lowest BCUT2D eigenvalue weighted by Gasteiger charge is -2.10. The summed E-state index contributed by atoms with van der Waals surface area (Å²) < 4.78 is 50.1. The average Bonchev–Trinajstić information content (AvgIpc) is 2.24.